The van der Waals surface area contributed by atoms with Crippen LogP contribution in [-0.2, 0) is 26.2 Å². The molecule has 0 aliphatic heterocycles. The van der Waals surface area contributed by atoms with Crippen molar-refractivity contribution >= 4 is 39.1 Å². The molecule has 1 unspecified atom stereocenters. The van der Waals surface area contributed by atoms with E-state index in [4.69, 9.17) is 16.3 Å². The molecule has 0 aromatic heterocycles. The summed E-state index contributed by atoms with van der Waals surface area (Å²) in [4.78, 5) is 27.9. The lowest BCUT2D eigenvalue weighted by molar-refractivity contribution is -0.141. The van der Waals surface area contributed by atoms with Crippen molar-refractivity contribution in [3.05, 3.63) is 58.9 Å². The van der Waals surface area contributed by atoms with Crippen LogP contribution >= 0.6 is 11.6 Å². The predicted octanol–water partition coefficient (Wildman–Crippen LogP) is 4.90. The molecule has 1 fully saturated rings. The molecular weight excluding hydrogens is 545 g/mol. The minimum atomic E-state index is -3.68. The van der Waals surface area contributed by atoms with E-state index >= 15 is 0 Å². The van der Waals surface area contributed by atoms with Crippen molar-refractivity contribution in [1.29, 1.82) is 0 Å². The monoisotopic (exact) mass is 581 g/mol. The molecule has 11 heteroatoms. The molecule has 0 saturated heterocycles. The van der Waals surface area contributed by atoms with Gasteiger partial charge in [0.2, 0.25) is 21.8 Å². The first kappa shape index (κ1) is 30.7. The van der Waals surface area contributed by atoms with Gasteiger partial charge in [-0.05, 0) is 50.5 Å². The first-order chi connectivity index (χ1) is 18.5. The zero-order valence-electron chi connectivity index (χ0n) is 22.7. The lowest BCUT2D eigenvalue weighted by atomic mass is 9.95. The van der Waals surface area contributed by atoms with Gasteiger partial charge in [0.1, 0.15) is 17.6 Å². The molecule has 2 aromatic carbocycles. The molecule has 8 nitrogen and oxygen atoms in total. The van der Waals surface area contributed by atoms with Crippen LogP contribution in [-0.4, -0.2) is 57.1 Å². The number of nitrogens with one attached hydrogen (secondary N) is 1. The van der Waals surface area contributed by atoms with Crippen molar-refractivity contribution in [2.75, 3.05) is 24.2 Å². The standard InChI is InChI=1S/C28H37ClFN3O5S/c1-20(28(35)31-22-11-5-4-6-12-22)32(19-21-10-7-8-13-25(21)30)27(34)14-9-17-33(39(3,36)37)23-15-16-26(38-2)24(29)18-23/h7-8,10,13,15-16,18,20,22H,4-6,9,11-12,14,17,19H2,1-3H3,(H,31,35). The van der Waals surface area contributed by atoms with Crippen molar-refractivity contribution in [1.82, 2.24) is 10.2 Å². The molecule has 0 radical (unpaired) electrons. The highest BCUT2D eigenvalue weighted by molar-refractivity contribution is 7.92. The van der Waals surface area contributed by atoms with Gasteiger partial charge in [0.15, 0.2) is 0 Å². The maximum Gasteiger partial charge on any atom is 0.242 e. The smallest absolute Gasteiger partial charge is 0.242 e. The van der Waals surface area contributed by atoms with E-state index in [1.165, 1.54) is 28.4 Å². The van der Waals surface area contributed by atoms with Gasteiger partial charge < -0.3 is 15.0 Å². The fraction of sp³-hybridized carbons (Fsp3) is 0.500. The molecule has 3 rings (SSSR count). The van der Waals surface area contributed by atoms with Crippen molar-refractivity contribution < 1.29 is 27.1 Å². The number of carbonyl (C=O) groups excluding carboxylic acids is 2. The second kappa shape index (κ2) is 14.0. The number of methoxy groups -OCH3 is 1. The largest absolute Gasteiger partial charge is 0.495 e. The Morgan fingerprint density at radius 3 is 2.46 bits per heavy atom. The van der Waals surface area contributed by atoms with Gasteiger partial charge in [0.05, 0.1) is 24.1 Å². The summed E-state index contributed by atoms with van der Waals surface area (Å²) >= 11 is 6.20. The van der Waals surface area contributed by atoms with Gasteiger partial charge in [-0.1, -0.05) is 49.1 Å². The minimum Gasteiger partial charge on any atom is -0.495 e. The summed E-state index contributed by atoms with van der Waals surface area (Å²) in [5, 5.41) is 3.31. The van der Waals surface area contributed by atoms with Gasteiger partial charge in [0, 0.05) is 31.1 Å². The Morgan fingerprint density at radius 1 is 1.15 bits per heavy atom. The highest BCUT2D eigenvalue weighted by Gasteiger charge is 2.29. The van der Waals surface area contributed by atoms with Crippen LogP contribution in [0.3, 0.4) is 0 Å². The fourth-order valence-corrected chi connectivity index (χ4v) is 5.99. The number of halogens is 2. The van der Waals surface area contributed by atoms with Crippen LogP contribution in [0.2, 0.25) is 5.02 Å². The Bertz CT molecular complexity index is 1250. The van der Waals surface area contributed by atoms with Crippen molar-refractivity contribution in [3.63, 3.8) is 0 Å². The molecule has 2 aromatic rings. The molecule has 0 spiro atoms. The van der Waals surface area contributed by atoms with Crippen LogP contribution in [0.4, 0.5) is 10.1 Å². The number of hydrogen-bond donors (Lipinski definition) is 1. The van der Waals surface area contributed by atoms with E-state index < -0.39 is 21.9 Å². The first-order valence-electron chi connectivity index (χ1n) is 13.2. The van der Waals surface area contributed by atoms with E-state index in [2.05, 4.69) is 5.32 Å². The van der Waals surface area contributed by atoms with E-state index in [-0.39, 0.29) is 48.8 Å². The fourth-order valence-electron chi connectivity index (χ4n) is 4.78. The Hall–Kier alpha value is -2.85. The molecule has 2 amide bonds. The van der Waals surface area contributed by atoms with Crippen LogP contribution in [0.1, 0.15) is 57.4 Å². The number of sulfonamides is 1. The molecular formula is C28H37ClFN3O5S. The summed E-state index contributed by atoms with van der Waals surface area (Å²) in [6, 6.07) is 10.0. The Kier molecular flexibility index (Phi) is 11.0. The maximum atomic E-state index is 14.5. The first-order valence-corrected chi connectivity index (χ1v) is 15.4. The SMILES string of the molecule is COc1ccc(N(CCCC(=O)N(Cc2ccccc2F)C(C)C(=O)NC2CCCCC2)S(C)(=O)=O)cc1Cl. The summed E-state index contributed by atoms with van der Waals surface area (Å²) in [5.41, 5.74) is 0.646. The quantitative estimate of drug-likeness (QED) is 0.385. The van der Waals surface area contributed by atoms with Gasteiger partial charge in [-0.15, -0.1) is 0 Å². The van der Waals surface area contributed by atoms with Crippen molar-refractivity contribution in [3.8, 4) is 5.75 Å². The van der Waals surface area contributed by atoms with Crippen LogP contribution in [0.25, 0.3) is 0 Å². The molecule has 1 aliphatic carbocycles. The topological polar surface area (TPSA) is 96.0 Å². The van der Waals surface area contributed by atoms with Crippen molar-refractivity contribution in [2.45, 2.75) is 70.5 Å². The summed E-state index contributed by atoms with van der Waals surface area (Å²) in [7, 11) is -2.21. The number of rotatable bonds is 12. The third-order valence-electron chi connectivity index (χ3n) is 6.99. The van der Waals surface area contributed by atoms with Crippen LogP contribution in [0.15, 0.2) is 42.5 Å². The van der Waals surface area contributed by atoms with Crippen LogP contribution in [0, 0.1) is 5.82 Å². The lowest BCUT2D eigenvalue weighted by Crippen LogP contribution is -2.50. The number of benzene rings is 2. The molecule has 1 N–H and O–H groups in total. The highest BCUT2D eigenvalue weighted by atomic mass is 35.5. The number of hydrogen-bond acceptors (Lipinski definition) is 5. The van der Waals surface area contributed by atoms with E-state index in [0.717, 1.165) is 38.4 Å². The average molecular weight is 582 g/mol. The average Bonchev–Trinajstić information content (AvgIpc) is 2.90. The molecule has 0 bridgehead atoms. The van der Waals surface area contributed by atoms with Crippen LogP contribution < -0.4 is 14.4 Å². The van der Waals surface area contributed by atoms with Gasteiger partial charge in [-0.2, -0.15) is 0 Å². The zero-order chi connectivity index (χ0) is 28.6. The molecule has 214 valence electrons. The van der Waals surface area contributed by atoms with Gasteiger partial charge in [-0.3, -0.25) is 13.9 Å². The van der Waals surface area contributed by atoms with E-state index in [1.807, 2.05) is 0 Å². The number of carbonyl (C=O) groups is 2. The Balaban J connectivity index is 1.74. The zero-order valence-corrected chi connectivity index (χ0v) is 24.2. The number of nitrogens with zero attached hydrogens (tertiary/aromatic N) is 2. The second-order valence-electron chi connectivity index (χ2n) is 9.89. The number of ether oxygens (including phenoxy) is 1. The van der Waals surface area contributed by atoms with Crippen molar-refractivity contribution in [2.24, 2.45) is 0 Å². The van der Waals surface area contributed by atoms with E-state index in [0.29, 0.717) is 17.0 Å². The normalized spacial score (nSPS) is 14.9. The molecule has 1 atom stereocenters. The second-order valence-corrected chi connectivity index (χ2v) is 12.2. The van der Waals surface area contributed by atoms with E-state index in [1.54, 1.807) is 37.3 Å². The Morgan fingerprint density at radius 2 is 1.85 bits per heavy atom. The lowest BCUT2D eigenvalue weighted by Gasteiger charge is -2.31. The number of anilines is 1. The summed E-state index contributed by atoms with van der Waals surface area (Å²) < 4.78 is 45.9. The molecule has 1 saturated carbocycles. The number of amides is 2. The summed E-state index contributed by atoms with van der Waals surface area (Å²) in [6.07, 6.45) is 6.27. The third kappa shape index (κ3) is 8.57. The molecule has 39 heavy (non-hydrogen) atoms. The van der Waals surface area contributed by atoms with E-state index in [9.17, 15) is 22.4 Å². The molecule has 0 heterocycles. The summed E-state index contributed by atoms with van der Waals surface area (Å²) in [6.45, 7) is 1.58. The van der Waals surface area contributed by atoms with Gasteiger partial charge >= 0.3 is 0 Å². The Labute approximate surface area is 235 Å². The van der Waals surface area contributed by atoms with Gasteiger partial charge in [0.25, 0.3) is 0 Å². The predicted molar refractivity (Wildman–Crippen MR) is 151 cm³/mol. The highest BCUT2D eigenvalue weighted by Crippen LogP contribution is 2.30. The van der Waals surface area contributed by atoms with Gasteiger partial charge in [-0.25, -0.2) is 12.8 Å². The molecule has 1 aliphatic rings. The minimum absolute atomic E-state index is 0.0173. The summed E-state index contributed by atoms with van der Waals surface area (Å²) in [5.74, 6) is -0.703. The third-order valence-corrected chi connectivity index (χ3v) is 8.48. The van der Waals surface area contributed by atoms with Crippen LogP contribution in [0.5, 0.6) is 5.75 Å². The maximum absolute atomic E-state index is 14.5.